The second-order valence-electron chi connectivity index (χ2n) is 9.05. The van der Waals surface area contributed by atoms with Gasteiger partial charge in [-0.3, -0.25) is 14.4 Å². The third kappa shape index (κ3) is 6.01. The number of barbiturate groups is 1. The number of carbonyl (C=O) groups excluding carboxylic acids is 4. The van der Waals surface area contributed by atoms with E-state index in [0.29, 0.717) is 27.6 Å². The zero-order chi connectivity index (χ0) is 29.6. The summed E-state index contributed by atoms with van der Waals surface area (Å²) in [5, 5.41) is 3.26. The van der Waals surface area contributed by atoms with Crippen molar-refractivity contribution in [2.45, 2.75) is 0 Å². The van der Waals surface area contributed by atoms with Crippen molar-refractivity contribution in [3.63, 3.8) is 0 Å². The Morgan fingerprint density at radius 3 is 1.90 bits per heavy atom. The number of ether oxygens (including phenoxy) is 2. The molecule has 5 amide bonds. The molecule has 0 aliphatic carbocycles. The third-order valence-corrected chi connectivity index (χ3v) is 6.52. The Balaban J connectivity index is 1.42. The molecule has 0 spiro atoms. The topological polar surface area (TPSA) is 105 Å². The van der Waals surface area contributed by atoms with Gasteiger partial charge in [0.25, 0.3) is 17.7 Å². The number of hydrogen-bond donors (Lipinski definition) is 1. The Morgan fingerprint density at radius 1 is 0.786 bits per heavy atom. The highest BCUT2D eigenvalue weighted by Gasteiger charge is 2.43. The predicted molar refractivity (Wildman–Crippen MR) is 160 cm³/mol. The first-order valence-corrected chi connectivity index (χ1v) is 13.1. The summed E-state index contributed by atoms with van der Waals surface area (Å²) < 4.78 is 11.1. The average molecular weight is 582 g/mol. The van der Waals surface area contributed by atoms with Gasteiger partial charge in [-0.05, 0) is 72.3 Å². The molecule has 210 valence electrons. The van der Waals surface area contributed by atoms with Gasteiger partial charge < -0.3 is 14.8 Å². The minimum Gasteiger partial charge on any atom is -0.493 e. The molecule has 1 aliphatic heterocycles. The number of methoxy groups -OCH3 is 1. The Kier molecular flexibility index (Phi) is 8.31. The minimum atomic E-state index is -0.780. The van der Waals surface area contributed by atoms with Crippen LogP contribution in [0.25, 0.3) is 6.08 Å². The van der Waals surface area contributed by atoms with Gasteiger partial charge in [0.15, 0.2) is 18.1 Å². The molecule has 1 N–H and O–H groups in total. The van der Waals surface area contributed by atoms with E-state index in [1.165, 1.54) is 13.2 Å². The van der Waals surface area contributed by atoms with E-state index in [2.05, 4.69) is 5.32 Å². The van der Waals surface area contributed by atoms with Crippen LogP contribution in [0.2, 0.25) is 5.02 Å². The van der Waals surface area contributed by atoms with Crippen molar-refractivity contribution in [3.8, 4) is 11.5 Å². The number of nitrogens with one attached hydrogen (secondary N) is 1. The average Bonchev–Trinajstić information content (AvgIpc) is 3.01. The lowest BCUT2D eigenvalue weighted by atomic mass is 10.0. The Bertz CT molecular complexity index is 1610. The van der Waals surface area contributed by atoms with Gasteiger partial charge in [0.2, 0.25) is 0 Å². The molecule has 0 radical (unpaired) electrons. The fourth-order valence-corrected chi connectivity index (χ4v) is 4.40. The van der Waals surface area contributed by atoms with Crippen LogP contribution >= 0.6 is 11.6 Å². The summed E-state index contributed by atoms with van der Waals surface area (Å²) in [6.45, 7) is -0.295. The van der Waals surface area contributed by atoms with Crippen molar-refractivity contribution in [2.24, 2.45) is 0 Å². The normalized spacial score (nSPS) is 13.2. The highest BCUT2D eigenvalue weighted by atomic mass is 35.5. The van der Waals surface area contributed by atoms with Gasteiger partial charge in [-0.2, -0.15) is 0 Å². The van der Waals surface area contributed by atoms with Crippen LogP contribution in [0.3, 0.4) is 0 Å². The molecule has 0 aromatic heterocycles. The van der Waals surface area contributed by atoms with Gasteiger partial charge in [-0.25, -0.2) is 14.6 Å². The van der Waals surface area contributed by atoms with Crippen LogP contribution in [0.1, 0.15) is 5.56 Å². The number of imide groups is 2. The van der Waals surface area contributed by atoms with Gasteiger partial charge >= 0.3 is 6.03 Å². The maximum Gasteiger partial charge on any atom is 0.343 e. The fourth-order valence-electron chi connectivity index (χ4n) is 4.27. The number of benzene rings is 4. The van der Waals surface area contributed by atoms with Crippen LogP contribution in [-0.2, 0) is 14.4 Å². The molecule has 10 heteroatoms. The monoisotopic (exact) mass is 581 g/mol. The highest BCUT2D eigenvalue weighted by molar-refractivity contribution is 6.46. The van der Waals surface area contributed by atoms with Gasteiger partial charge in [0, 0.05) is 10.7 Å². The SMILES string of the molecule is COc1cc(C=C2C(=O)N(c3ccccc3)C(=O)N(c3ccccc3)C2=O)ccc1OCC(=O)Nc1ccc(Cl)cc1. The largest absolute Gasteiger partial charge is 0.493 e. The molecule has 9 nitrogen and oxygen atoms in total. The Morgan fingerprint density at radius 2 is 1.36 bits per heavy atom. The van der Waals surface area contributed by atoms with Crippen molar-refractivity contribution < 1.29 is 28.7 Å². The third-order valence-electron chi connectivity index (χ3n) is 6.26. The summed E-state index contributed by atoms with van der Waals surface area (Å²) in [5.74, 6) is -1.37. The summed E-state index contributed by atoms with van der Waals surface area (Å²) in [4.78, 5) is 54.9. The van der Waals surface area contributed by atoms with Crippen molar-refractivity contribution >= 4 is 58.5 Å². The number of rotatable bonds is 8. The first-order chi connectivity index (χ1) is 20.4. The minimum absolute atomic E-state index is 0.222. The summed E-state index contributed by atoms with van der Waals surface area (Å²) >= 11 is 5.88. The van der Waals surface area contributed by atoms with E-state index in [9.17, 15) is 19.2 Å². The number of nitrogens with zero attached hydrogens (tertiary/aromatic N) is 2. The molecular weight excluding hydrogens is 558 g/mol. The summed E-state index contributed by atoms with van der Waals surface area (Å²) in [7, 11) is 1.43. The van der Waals surface area contributed by atoms with Crippen LogP contribution in [-0.4, -0.2) is 37.5 Å². The number of carbonyl (C=O) groups is 4. The zero-order valence-corrected chi connectivity index (χ0v) is 23.1. The second-order valence-corrected chi connectivity index (χ2v) is 9.48. The van der Waals surface area contributed by atoms with E-state index in [1.54, 1.807) is 103 Å². The quantitative estimate of drug-likeness (QED) is 0.204. The number of amides is 5. The van der Waals surface area contributed by atoms with Crippen molar-refractivity contribution in [1.29, 1.82) is 0 Å². The predicted octanol–water partition coefficient (Wildman–Crippen LogP) is 5.95. The van der Waals surface area contributed by atoms with Gasteiger partial charge in [-0.15, -0.1) is 0 Å². The van der Waals surface area contributed by atoms with Crippen molar-refractivity contribution in [2.75, 3.05) is 28.8 Å². The van der Waals surface area contributed by atoms with Gasteiger partial charge in [0.05, 0.1) is 18.5 Å². The van der Waals surface area contributed by atoms with Gasteiger partial charge in [-0.1, -0.05) is 54.1 Å². The molecule has 1 aliphatic rings. The smallest absolute Gasteiger partial charge is 0.343 e. The molecule has 1 saturated heterocycles. The standard InChI is InChI=1S/C32H24ClN3O6/c1-41-28-19-21(12-17-27(28)42-20-29(37)34-23-15-13-22(33)14-16-23)18-26-30(38)35(24-8-4-2-5-9-24)32(40)36(31(26)39)25-10-6-3-7-11-25/h2-19H,20H2,1H3,(H,34,37). The molecule has 0 atom stereocenters. The van der Waals surface area contributed by atoms with Crippen LogP contribution in [0.5, 0.6) is 11.5 Å². The van der Waals surface area contributed by atoms with E-state index < -0.39 is 23.8 Å². The maximum atomic E-state index is 13.6. The van der Waals surface area contributed by atoms with E-state index in [0.717, 1.165) is 9.80 Å². The van der Waals surface area contributed by atoms with Crippen molar-refractivity contribution in [1.82, 2.24) is 0 Å². The summed E-state index contributed by atoms with van der Waals surface area (Å²) in [6.07, 6.45) is 1.39. The van der Waals surface area contributed by atoms with E-state index >= 15 is 0 Å². The van der Waals surface area contributed by atoms with Gasteiger partial charge in [0.1, 0.15) is 5.57 Å². The van der Waals surface area contributed by atoms with E-state index in [1.807, 2.05) is 0 Å². The molecule has 1 heterocycles. The number of hydrogen-bond acceptors (Lipinski definition) is 6. The molecule has 42 heavy (non-hydrogen) atoms. The summed E-state index contributed by atoms with van der Waals surface area (Å²) in [6, 6.07) is 27.4. The molecule has 0 bridgehead atoms. The fraction of sp³-hybridized carbons (Fsp3) is 0.0625. The maximum absolute atomic E-state index is 13.6. The lowest BCUT2D eigenvalue weighted by molar-refractivity contribution is -0.121. The molecule has 4 aromatic carbocycles. The first-order valence-electron chi connectivity index (χ1n) is 12.8. The van der Waals surface area contributed by atoms with E-state index in [4.69, 9.17) is 21.1 Å². The second kappa shape index (κ2) is 12.4. The lowest BCUT2D eigenvalue weighted by Gasteiger charge is -2.33. The Hall–Kier alpha value is -5.41. The molecule has 4 aromatic rings. The molecule has 1 fully saturated rings. The molecule has 5 rings (SSSR count). The molecule has 0 unspecified atom stereocenters. The van der Waals surface area contributed by atoms with Crippen LogP contribution in [0, 0.1) is 0 Å². The van der Waals surface area contributed by atoms with Crippen LogP contribution < -0.4 is 24.6 Å². The Labute approximate surface area is 246 Å². The lowest BCUT2D eigenvalue weighted by Crippen LogP contribution is -2.57. The molecule has 0 saturated carbocycles. The highest BCUT2D eigenvalue weighted by Crippen LogP contribution is 2.32. The summed E-state index contributed by atoms with van der Waals surface area (Å²) in [5.41, 5.74) is 1.43. The van der Waals surface area contributed by atoms with E-state index in [-0.39, 0.29) is 23.7 Å². The van der Waals surface area contributed by atoms with Crippen LogP contribution in [0.4, 0.5) is 21.9 Å². The number of urea groups is 1. The number of para-hydroxylation sites is 2. The zero-order valence-electron chi connectivity index (χ0n) is 22.3. The number of halogens is 1. The molecular formula is C32H24ClN3O6. The number of anilines is 3. The van der Waals surface area contributed by atoms with Crippen molar-refractivity contribution in [3.05, 3.63) is 119 Å². The first kappa shape index (κ1) is 28.1. The van der Waals surface area contributed by atoms with Crippen LogP contribution in [0.15, 0.2) is 109 Å².